The third-order valence-electron chi connectivity index (χ3n) is 9.52. The van der Waals surface area contributed by atoms with E-state index in [2.05, 4.69) is 57.2 Å². The summed E-state index contributed by atoms with van der Waals surface area (Å²) in [6.45, 7) is 13.9. The molecule has 10 nitrogen and oxygen atoms in total. The molecule has 3 aliphatic rings. The number of nitrogens with one attached hydrogen (secondary N) is 1. The number of anilines is 3. The van der Waals surface area contributed by atoms with Gasteiger partial charge >= 0.3 is 0 Å². The van der Waals surface area contributed by atoms with Crippen molar-refractivity contribution >= 4 is 28.4 Å². The molecule has 0 unspecified atom stereocenters. The van der Waals surface area contributed by atoms with Crippen LogP contribution in [0.1, 0.15) is 57.7 Å². The quantitative estimate of drug-likeness (QED) is 0.376. The molecule has 0 aliphatic carbocycles. The molecule has 10 heteroatoms. The summed E-state index contributed by atoms with van der Waals surface area (Å²) in [5, 5.41) is 15.0. The average molecular weight is 589 g/mol. The van der Waals surface area contributed by atoms with Gasteiger partial charge in [-0.05, 0) is 70.7 Å². The van der Waals surface area contributed by atoms with E-state index in [0.29, 0.717) is 23.4 Å². The first-order chi connectivity index (χ1) is 20.7. The van der Waals surface area contributed by atoms with Crippen molar-refractivity contribution < 1.29 is 9.84 Å². The number of ether oxygens (including phenoxy) is 1. The Labute approximate surface area is 255 Å². The zero-order chi connectivity index (χ0) is 30.1. The van der Waals surface area contributed by atoms with Gasteiger partial charge in [0.25, 0.3) is 0 Å². The molecule has 0 atom stereocenters. The maximum absolute atomic E-state index is 11.4. The number of benzene rings is 1. The van der Waals surface area contributed by atoms with E-state index in [1.807, 2.05) is 13.8 Å². The number of nitrogens with two attached hydrogens (primary N) is 1. The van der Waals surface area contributed by atoms with Crippen LogP contribution in [0.5, 0.6) is 0 Å². The number of fused-ring (bicyclic) bond motifs is 1. The molecule has 2 aromatic heterocycles. The van der Waals surface area contributed by atoms with Crippen LogP contribution in [0.15, 0.2) is 24.4 Å². The number of aromatic nitrogens is 3. The fourth-order valence-electron chi connectivity index (χ4n) is 6.83. The van der Waals surface area contributed by atoms with E-state index in [-0.39, 0.29) is 0 Å². The van der Waals surface area contributed by atoms with E-state index in [4.69, 9.17) is 20.4 Å². The van der Waals surface area contributed by atoms with Gasteiger partial charge in [-0.25, -0.2) is 15.0 Å². The fourth-order valence-corrected chi connectivity index (χ4v) is 6.83. The van der Waals surface area contributed by atoms with Gasteiger partial charge in [0.2, 0.25) is 0 Å². The number of aliphatic hydroxyl groups is 1. The molecular formula is C33H48N8O2. The molecule has 232 valence electrons. The summed E-state index contributed by atoms with van der Waals surface area (Å²) in [6, 6.07) is 7.34. The normalized spacial score (nSPS) is 20.2. The molecule has 3 aliphatic heterocycles. The highest BCUT2D eigenvalue weighted by molar-refractivity contribution is 5.97. The highest BCUT2D eigenvalue weighted by Crippen LogP contribution is 2.38. The van der Waals surface area contributed by atoms with Gasteiger partial charge in [-0.15, -0.1) is 0 Å². The molecule has 5 heterocycles. The Bertz CT molecular complexity index is 1420. The smallest absolute Gasteiger partial charge is 0.151 e. The van der Waals surface area contributed by atoms with Crippen molar-refractivity contribution in [2.24, 2.45) is 0 Å². The number of piperidine rings is 1. The van der Waals surface area contributed by atoms with Crippen molar-refractivity contribution in [1.82, 2.24) is 24.8 Å². The molecule has 3 aromatic rings. The van der Waals surface area contributed by atoms with Crippen LogP contribution in [-0.4, -0.2) is 101 Å². The highest BCUT2D eigenvalue weighted by atomic mass is 16.5. The van der Waals surface area contributed by atoms with Crippen LogP contribution >= 0.6 is 0 Å². The second-order valence-electron chi connectivity index (χ2n) is 13.0. The minimum Gasteiger partial charge on any atom is -0.386 e. The zero-order valence-electron chi connectivity index (χ0n) is 26.3. The van der Waals surface area contributed by atoms with Crippen molar-refractivity contribution in [2.75, 3.05) is 75.5 Å². The molecule has 43 heavy (non-hydrogen) atoms. The van der Waals surface area contributed by atoms with Crippen molar-refractivity contribution in [2.45, 2.75) is 70.6 Å². The van der Waals surface area contributed by atoms with E-state index >= 15 is 0 Å². The summed E-state index contributed by atoms with van der Waals surface area (Å²) in [4.78, 5) is 22.1. The Morgan fingerprint density at radius 3 is 2.40 bits per heavy atom. The van der Waals surface area contributed by atoms with Gasteiger partial charge < -0.3 is 30.7 Å². The number of nitrogens with zero attached hydrogens (tertiary/aromatic N) is 6. The lowest BCUT2D eigenvalue weighted by atomic mass is 9.91. The summed E-state index contributed by atoms with van der Waals surface area (Å²) in [7, 11) is 2.21. The lowest BCUT2D eigenvalue weighted by Gasteiger charge is -2.43. The van der Waals surface area contributed by atoms with Crippen LogP contribution in [0.3, 0.4) is 0 Å². The van der Waals surface area contributed by atoms with Crippen LogP contribution < -0.4 is 16.0 Å². The van der Waals surface area contributed by atoms with Gasteiger partial charge in [0.05, 0.1) is 11.3 Å². The molecular weight excluding hydrogens is 540 g/mol. The fraction of sp³-hybridized carbons (Fsp3) is 0.606. The van der Waals surface area contributed by atoms with Crippen LogP contribution in [0.25, 0.3) is 22.2 Å². The predicted molar refractivity (Wildman–Crippen MR) is 174 cm³/mol. The monoisotopic (exact) mass is 588 g/mol. The third kappa shape index (κ3) is 6.43. The second-order valence-corrected chi connectivity index (χ2v) is 13.0. The number of rotatable bonds is 7. The Kier molecular flexibility index (Phi) is 8.73. The summed E-state index contributed by atoms with van der Waals surface area (Å²) in [6.07, 6.45) is 6.69. The minimum atomic E-state index is -1.02. The Balaban J connectivity index is 1.31. The zero-order valence-corrected chi connectivity index (χ0v) is 26.3. The number of likely N-dealkylation sites (N-methyl/N-ethyl adjacent to an activating group) is 1. The molecule has 6 rings (SSSR count). The van der Waals surface area contributed by atoms with Crippen molar-refractivity contribution in [3.8, 4) is 11.1 Å². The topological polar surface area (TPSA) is 116 Å². The minimum absolute atomic E-state index is 0.301. The first-order valence-electron chi connectivity index (χ1n) is 16.1. The summed E-state index contributed by atoms with van der Waals surface area (Å²) in [5.74, 6) is 1.18. The maximum Gasteiger partial charge on any atom is 0.151 e. The van der Waals surface area contributed by atoms with Crippen molar-refractivity contribution in [1.29, 1.82) is 0 Å². The largest absolute Gasteiger partial charge is 0.386 e. The standard InChI is InChI=1S/C33H48N8O2/c1-5-27-32(36-23-10-18-43-19-11-23)38-29-25(21-35-31(34)30(29)37-27)22-6-7-28(26(20-22)33(2,3)42)41-12-8-24(9-13-41)40-16-14-39(4)15-17-40/h6-7,20-21,23-24,42H,5,8-19H2,1-4H3,(H2,34,35)(H,36,38). The van der Waals surface area contributed by atoms with E-state index in [1.165, 1.54) is 0 Å². The first kappa shape index (κ1) is 30.0. The number of hydrogen-bond acceptors (Lipinski definition) is 10. The Hall–Kier alpha value is -3.05. The van der Waals surface area contributed by atoms with Crippen LogP contribution in [-0.2, 0) is 16.8 Å². The van der Waals surface area contributed by atoms with Crippen molar-refractivity contribution in [3.05, 3.63) is 35.7 Å². The Morgan fingerprint density at radius 1 is 1.00 bits per heavy atom. The summed E-state index contributed by atoms with van der Waals surface area (Å²) >= 11 is 0. The van der Waals surface area contributed by atoms with Gasteiger partial charge in [0.15, 0.2) is 5.82 Å². The summed E-state index contributed by atoms with van der Waals surface area (Å²) < 4.78 is 5.56. The molecule has 4 N–H and O–H groups in total. The maximum atomic E-state index is 11.4. The number of aryl methyl sites for hydroxylation is 1. The van der Waals surface area contributed by atoms with Gasteiger partial charge in [0, 0.05) is 87.6 Å². The van der Waals surface area contributed by atoms with Gasteiger partial charge in [-0.3, -0.25) is 4.90 Å². The Morgan fingerprint density at radius 2 is 1.72 bits per heavy atom. The molecule has 3 saturated heterocycles. The van der Waals surface area contributed by atoms with E-state index in [1.54, 1.807) is 6.20 Å². The van der Waals surface area contributed by atoms with Gasteiger partial charge in [0.1, 0.15) is 16.9 Å². The van der Waals surface area contributed by atoms with E-state index in [0.717, 1.165) is 124 Å². The molecule has 3 fully saturated rings. The van der Waals surface area contributed by atoms with Gasteiger partial charge in [-0.1, -0.05) is 13.0 Å². The van der Waals surface area contributed by atoms with Crippen LogP contribution in [0.2, 0.25) is 0 Å². The highest BCUT2D eigenvalue weighted by Gasteiger charge is 2.30. The predicted octanol–water partition coefficient (Wildman–Crippen LogP) is 3.87. The first-order valence-corrected chi connectivity index (χ1v) is 16.1. The SMILES string of the molecule is CCc1nc2c(N)ncc(-c3ccc(N4CCC(N5CCN(C)CC5)CC4)c(C(C)(C)O)c3)c2nc1NC1CCOCC1. The lowest BCUT2D eigenvalue weighted by Crippen LogP contribution is -2.52. The number of hydrogen-bond donors (Lipinski definition) is 3. The number of piperazine rings is 1. The van der Waals surface area contributed by atoms with E-state index < -0.39 is 5.60 Å². The molecule has 0 radical (unpaired) electrons. The molecule has 1 aromatic carbocycles. The summed E-state index contributed by atoms with van der Waals surface area (Å²) in [5.41, 5.74) is 11.4. The van der Waals surface area contributed by atoms with Crippen LogP contribution in [0.4, 0.5) is 17.3 Å². The average Bonchev–Trinajstić information content (AvgIpc) is 3.01. The molecule has 0 amide bonds. The number of pyridine rings is 1. The second kappa shape index (κ2) is 12.5. The van der Waals surface area contributed by atoms with Crippen molar-refractivity contribution in [3.63, 3.8) is 0 Å². The van der Waals surface area contributed by atoms with E-state index in [9.17, 15) is 5.11 Å². The molecule has 0 saturated carbocycles. The number of nitrogen functional groups attached to an aromatic ring is 1. The third-order valence-corrected chi connectivity index (χ3v) is 9.52. The molecule has 0 bridgehead atoms. The van der Waals surface area contributed by atoms with Crippen LogP contribution in [0, 0.1) is 0 Å². The molecule has 0 spiro atoms. The lowest BCUT2D eigenvalue weighted by molar-refractivity contribution is 0.0785. The van der Waals surface area contributed by atoms with Gasteiger partial charge in [-0.2, -0.15) is 0 Å².